The number of rotatable bonds is 5. The third kappa shape index (κ3) is 4.86. The number of hydrogen-bond donors (Lipinski definition) is 1. The Labute approximate surface area is 169 Å². The zero-order valence-electron chi connectivity index (χ0n) is 15.9. The second kappa shape index (κ2) is 8.40. The Morgan fingerprint density at radius 1 is 1.03 bits per heavy atom. The largest absolute Gasteiger partial charge is 0.416 e. The first kappa shape index (κ1) is 21.1. The Bertz CT molecular complexity index is 1180. The van der Waals surface area contributed by atoms with E-state index in [2.05, 4.69) is 5.32 Å². The first-order chi connectivity index (χ1) is 14.1. The Kier molecular flexibility index (Phi) is 5.91. The SMILES string of the molecule is Cc1ccc(NC(=O)Cn2c(=O)ccn(Cc3ccccc3)c2=O)cc1C(F)(F)F. The molecule has 0 aliphatic carbocycles. The number of amides is 1. The first-order valence-corrected chi connectivity index (χ1v) is 8.97. The van der Waals surface area contributed by atoms with E-state index < -0.39 is 35.4 Å². The monoisotopic (exact) mass is 417 g/mol. The lowest BCUT2D eigenvalue weighted by molar-refractivity contribution is -0.138. The molecular formula is C21H18F3N3O3. The summed E-state index contributed by atoms with van der Waals surface area (Å²) in [5, 5.41) is 2.31. The van der Waals surface area contributed by atoms with Gasteiger partial charge in [-0.25, -0.2) is 4.79 Å². The van der Waals surface area contributed by atoms with Gasteiger partial charge in [-0.1, -0.05) is 36.4 Å². The van der Waals surface area contributed by atoms with Crippen molar-refractivity contribution in [3.63, 3.8) is 0 Å². The van der Waals surface area contributed by atoms with Crippen molar-refractivity contribution in [2.45, 2.75) is 26.2 Å². The van der Waals surface area contributed by atoms with E-state index in [0.29, 0.717) is 0 Å². The summed E-state index contributed by atoms with van der Waals surface area (Å²) in [4.78, 5) is 37.0. The second-order valence-corrected chi connectivity index (χ2v) is 6.71. The summed E-state index contributed by atoms with van der Waals surface area (Å²) in [6.45, 7) is 0.893. The van der Waals surface area contributed by atoms with Crippen LogP contribution < -0.4 is 16.6 Å². The van der Waals surface area contributed by atoms with Crippen molar-refractivity contribution in [3.05, 3.63) is 98.3 Å². The Morgan fingerprint density at radius 2 is 1.73 bits per heavy atom. The molecule has 0 radical (unpaired) electrons. The minimum Gasteiger partial charge on any atom is -0.325 e. The number of nitrogens with zero attached hydrogens (tertiary/aromatic N) is 2. The quantitative estimate of drug-likeness (QED) is 0.694. The molecule has 3 rings (SSSR count). The maximum atomic E-state index is 13.0. The van der Waals surface area contributed by atoms with Crippen LogP contribution in [0.5, 0.6) is 0 Å². The Balaban J connectivity index is 1.81. The topological polar surface area (TPSA) is 73.1 Å². The molecule has 6 nitrogen and oxygen atoms in total. The van der Waals surface area contributed by atoms with Gasteiger partial charge in [-0.15, -0.1) is 0 Å². The number of carbonyl (C=O) groups excluding carboxylic acids is 1. The fourth-order valence-corrected chi connectivity index (χ4v) is 2.95. The second-order valence-electron chi connectivity index (χ2n) is 6.71. The number of carbonyl (C=O) groups is 1. The number of benzene rings is 2. The summed E-state index contributed by atoms with van der Waals surface area (Å²) in [7, 11) is 0. The molecule has 1 amide bonds. The summed E-state index contributed by atoms with van der Waals surface area (Å²) < 4.78 is 41.1. The van der Waals surface area contributed by atoms with E-state index in [0.717, 1.165) is 22.3 Å². The fourth-order valence-electron chi connectivity index (χ4n) is 2.95. The van der Waals surface area contributed by atoms with Crippen LogP contribution in [0.1, 0.15) is 16.7 Å². The Hall–Kier alpha value is -3.62. The van der Waals surface area contributed by atoms with E-state index in [1.807, 2.05) is 18.2 Å². The molecule has 0 atom stereocenters. The predicted octanol–water partition coefficient (Wildman–Crippen LogP) is 3.02. The van der Waals surface area contributed by atoms with Gasteiger partial charge in [-0.2, -0.15) is 13.2 Å². The van der Waals surface area contributed by atoms with E-state index in [1.54, 1.807) is 12.1 Å². The van der Waals surface area contributed by atoms with Crippen LogP contribution in [0, 0.1) is 6.92 Å². The number of alkyl halides is 3. The van der Waals surface area contributed by atoms with Gasteiger partial charge >= 0.3 is 11.9 Å². The molecule has 9 heteroatoms. The average molecular weight is 417 g/mol. The highest BCUT2D eigenvalue weighted by Gasteiger charge is 2.32. The lowest BCUT2D eigenvalue weighted by atomic mass is 10.1. The van der Waals surface area contributed by atoms with Crippen LogP contribution in [0.4, 0.5) is 18.9 Å². The van der Waals surface area contributed by atoms with E-state index in [9.17, 15) is 27.6 Å². The van der Waals surface area contributed by atoms with Crippen LogP contribution in [0.15, 0.2) is 70.4 Å². The minimum absolute atomic E-state index is 0.0172. The van der Waals surface area contributed by atoms with Crippen molar-refractivity contribution in [1.82, 2.24) is 9.13 Å². The Morgan fingerprint density at radius 3 is 2.40 bits per heavy atom. The lowest BCUT2D eigenvalue weighted by Gasteiger charge is -2.13. The van der Waals surface area contributed by atoms with Crippen LogP contribution in [0.2, 0.25) is 0 Å². The van der Waals surface area contributed by atoms with Crippen molar-refractivity contribution in [2.75, 3.05) is 5.32 Å². The van der Waals surface area contributed by atoms with Crippen LogP contribution >= 0.6 is 0 Å². The molecule has 2 aromatic carbocycles. The number of halogens is 3. The van der Waals surface area contributed by atoms with Gasteiger partial charge in [0.15, 0.2) is 0 Å². The summed E-state index contributed by atoms with van der Waals surface area (Å²) in [5.41, 5.74) is -1.48. The zero-order chi connectivity index (χ0) is 21.9. The zero-order valence-corrected chi connectivity index (χ0v) is 15.9. The number of nitrogens with one attached hydrogen (secondary N) is 1. The van der Waals surface area contributed by atoms with Gasteiger partial charge in [-0.3, -0.25) is 18.7 Å². The maximum absolute atomic E-state index is 13.0. The molecule has 0 saturated carbocycles. The summed E-state index contributed by atoms with van der Waals surface area (Å²) >= 11 is 0. The molecule has 3 aromatic rings. The molecule has 1 heterocycles. The van der Waals surface area contributed by atoms with Crippen LogP contribution in [-0.4, -0.2) is 15.0 Å². The van der Waals surface area contributed by atoms with E-state index in [1.165, 1.54) is 29.8 Å². The summed E-state index contributed by atoms with van der Waals surface area (Å²) in [6, 6.07) is 13.6. The number of hydrogen-bond acceptors (Lipinski definition) is 3. The molecule has 0 unspecified atom stereocenters. The molecular weight excluding hydrogens is 399 g/mol. The third-order valence-corrected chi connectivity index (χ3v) is 4.46. The van der Waals surface area contributed by atoms with Crippen LogP contribution in [0.3, 0.4) is 0 Å². The molecule has 0 spiro atoms. The highest BCUT2D eigenvalue weighted by Crippen LogP contribution is 2.33. The average Bonchev–Trinajstić information content (AvgIpc) is 2.69. The van der Waals surface area contributed by atoms with E-state index in [4.69, 9.17) is 0 Å². The van der Waals surface area contributed by atoms with Crippen LogP contribution in [-0.2, 0) is 24.1 Å². The van der Waals surface area contributed by atoms with Gasteiger partial charge < -0.3 is 5.32 Å². The van der Waals surface area contributed by atoms with Crippen LogP contribution in [0.25, 0.3) is 0 Å². The molecule has 1 N–H and O–H groups in total. The first-order valence-electron chi connectivity index (χ1n) is 8.97. The van der Waals surface area contributed by atoms with Crippen molar-refractivity contribution < 1.29 is 18.0 Å². The number of aryl methyl sites for hydroxylation is 1. The number of anilines is 1. The van der Waals surface area contributed by atoms with Gasteiger partial charge in [0.05, 0.1) is 12.1 Å². The van der Waals surface area contributed by atoms with E-state index in [-0.39, 0.29) is 17.8 Å². The van der Waals surface area contributed by atoms with Crippen molar-refractivity contribution >= 4 is 11.6 Å². The standard InChI is InChI=1S/C21H18F3N3O3/c1-14-7-8-16(11-17(14)21(22,23)24)25-18(28)13-27-19(29)9-10-26(20(27)30)12-15-5-3-2-4-6-15/h2-11H,12-13H2,1H3,(H,25,28). The van der Waals surface area contributed by atoms with Crippen molar-refractivity contribution in [1.29, 1.82) is 0 Å². The summed E-state index contributed by atoms with van der Waals surface area (Å²) in [5.74, 6) is -0.788. The van der Waals surface area contributed by atoms with Gasteiger partial charge in [0.1, 0.15) is 6.54 Å². The molecule has 0 fully saturated rings. The van der Waals surface area contributed by atoms with Gasteiger partial charge in [0.25, 0.3) is 5.56 Å². The summed E-state index contributed by atoms with van der Waals surface area (Å²) in [6.07, 6.45) is -3.23. The predicted molar refractivity (Wildman–Crippen MR) is 105 cm³/mol. The fraction of sp³-hybridized carbons (Fsp3) is 0.190. The molecule has 0 saturated heterocycles. The number of aromatic nitrogens is 2. The smallest absolute Gasteiger partial charge is 0.325 e. The minimum atomic E-state index is -4.56. The van der Waals surface area contributed by atoms with E-state index >= 15 is 0 Å². The highest BCUT2D eigenvalue weighted by molar-refractivity contribution is 5.90. The molecule has 30 heavy (non-hydrogen) atoms. The van der Waals surface area contributed by atoms with Crippen molar-refractivity contribution in [3.8, 4) is 0 Å². The van der Waals surface area contributed by atoms with Gasteiger partial charge in [-0.05, 0) is 30.2 Å². The van der Waals surface area contributed by atoms with Crippen molar-refractivity contribution in [2.24, 2.45) is 0 Å². The normalized spacial score (nSPS) is 11.3. The van der Waals surface area contributed by atoms with Gasteiger partial charge in [0.2, 0.25) is 5.91 Å². The van der Waals surface area contributed by atoms with Gasteiger partial charge in [0, 0.05) is 18.0 Å². The molecule has 0 aliphatic heterocycles. The molecule has 0 aliphatic rings. The maximum Gasteiger partial charge on any atom is 0.416 e. The highest BCUT2D eigenvalue weighted by atomic mass is 19.4. The lowest BCUT2D eigenvalue weighted by Crippen LogP contribution is -2.41. The molecule has 0 bridgehead atoms. The molecule has 1 aromatic heterocycles. The molecule has 156 valence electrons. The third-order valence-electron chi connectivity index (χ3n) is 4.46.